The fourth-order valence-electron chi connectivity index (χ4n) is 3.36. The maximum Gasteiger partial charge on any atom is 0.162 e. The van der Waals surface area contributed by atoms with E-state index in [0.717, 1.165) is 52.4 Å². The van der Waals surface area contributed by atoms with Crippen LogP contribution in [0.4, 0.5) is 5.82 Å². The summed E-state index contributed by atoms with van der Waals surface area (Å²) in [6.07, 6.45) is 2.36. The second-order valence-corrected chi connectivity index (χ2v) is 6.53. The number of aliphatic imine (C=N–C) groups is 1. The summed E-state index contributed by atoms with van der Waals surface area (Å²) in [5.41, 5.74) is 10.8. The molecule has 0 fully saturated rings. The lowest BCUT2D eigenvalue weighted by Gasteiger charge is -2.31. The Morgan fingerprint density at radius 1 is 1.19 bits per heavy atom. The molecule has 0 atom stereocenters. The molecule has 0 saturated carbocycles. The van der Waals surface area contributed by atoms with Gasteiger partial charge in [0.1, 0.15) is 12.1 Å². The van der Waals surface area contributed by atoms with Crippen LogP contribution >= 0.6 is 0 Å². The second-order valence-electron chi connectivity index (χ2n) is 6.53. The van der Waals surface area contributed by atoms with Crippen LogP contribution in [0.15, 0.2) is 47.0 Å². The number of benzene rings is 1. The lowest BCUT2D eigenvalue weighted by Crippen LogP contribution is -2.36. The summed E-state index contributed by atoms with van der Waals surface area (Å²) in [6.45, 7) is 9.07. The van der Waals surface area contributed by atoms with Gasteiger partial charge in [0.2, 0.25) is 0 Å². The molecule has 1 aromatic carbocycles. The maximum absolute atomic E-state index is 6.37. The average molecular weight is 367 g/mol. The van der Waals surface area contributed by atoms with Crippen LogP contribution in [0.5, 0.6) is 11.5 Å². The van der Waals surface area contributed by atoms with Gasteiger partial charge in [-0.05, 0) is 31.9 Å². The van der Waals surface area contributed by atoms with Crippen molar-refractivity contribution < 1.29 is 9.47 Å². The van der Waals surface area contributed by atoms with E-state index in [1.807, 2.05) is 26.0 Å². The summed E-state index contributed by atoms with van der Waals surface area (Å²) in [4.78, 5) is 15.5. The number of nitrogens with two attached hydrogens (primary N) is 1. The largest absolute Gasteiger partial charge is 0.493 e. The third-order valence-electron chi connectivity index (χ3n) is 4.59. The van der Waals surface area contributed by atoms with Crippen LogP contribution in [-0.2, 0) is 0 Å². The van der Waals surface area contributed by atoms with Gasteiger partial charge in [-0.2, -0.15) is 0 Å². The van der Waals surface area contributed by atoms with Crippen LogP contribution in [-0.4, -0.2) is 43.0 Å². The van der Waals surface area contributed by atoms with Crippen LogP contribution in [0, 0.1) is 0 Å². The highest BCUT2D eigenvalue weighted by molar-refractivity contribution is 6.00. The number of anilines is 1. The summed E-state index contributed by atoms with van der Waals surface area (Å²) in [5, 5.41) is 0.902. The molecule has 1 aromatic heterocycles. The van der Waals surface area contributed by atoms with Gasteiger partial charge in [0.25, 0.3) is 0 Å². The number of hydrogen-bond acceptors (Lipinski definition) is 7. The predicted octanol–water partition coefficient (Wildman–Crippen LogP) is 3.06. The molecule has 0 aliphatic carbocycles. The number of ether oxygens (including phenoxy) is 2. The lowest BCUT2D eigenvalue weighted by molar-refractivity contribution is 0.356. The maximum atomic E-state index is 6.37. The molecule has 1 aliphatic heterocycles. The number of hydrogen-bond donors (Lipinski definition) is 1. The van der Waals surface area contributed by atoms with Gasteiger partial charge in [-0.15, -0.1) is 0 Å². The first-order valence-electron chi connectivity index (χ1n) is 8.75. The zero-order valence-electron chi connectivity index (χ0n) is 16.2. The molecule has 1 aliphatic rings. The molecular weight excluding hydrogens is 342 g/mol. The van der Waals surface area contributed by atoms with Crippen LogP contribution in [0.2, 0.25) is 0 Å². The molecule has 3 rings (SSSR count). The number of allylic oxidation sites excluding steroid dienone is 1. The minimum absolute atomic E-state index is 0.582. The van der Waals surface area contributed by atoms with Crippen molar-refractivity contribution in [3.63, 3.8) is 0 Å². The number of methoxy groups -OCH3 is 2. The normalized spacial score (nSPS) is 15.3. The van der Waals surface area contributed by atoms with E-state index in [-0.39, 0.29) is 0 Å². The molecule has 27 heavy (non-hydrogen) atoms. The van der Waals surface area contributed by atoms with Crippen molar-refractivity contribution in [3.05, 3.63) is 42.0 Å². The first-order valence-corrected chi connectivity index (χ1v) is 8.75. The van der Waals surface area contributed by atoms with E-state index in [1.54, 1.807) is 20.5 Å². The standard InChI is InChI=1S/C20H25N5O2/c1-12(2)24-13(3)14-6-7-25(10-16(14)21)20-15-8-18(26-4)19(27-5)9-17(15)22-11-23-20/h8-9,11H,1,6-7,10,21H2,2-5H3/b24-13-. The van der Waals surface area contributed by atoms with Crippen LogP contribution < -0.4 is 20.1 Å². The van der Waals surface area contributed by atoms with Crippen molar-refractivity contribution in [2.24, 2.45) is 10.7 Å². The molecule has 7 nitrogen and oxygen atoms in total. The predicted molar refractivity (Wildman–Crippen MR) is 109 cm³/mol. The Hall–Kier alpha value is -3.09. The molecule has 0 unspecified atom stereocenters. The van der Waals surface area contributed by atoms with Gasteiger partial charge >= 0.3 is 0 Å². The van der Waals surface area contributed by atoms with Crippen molar-refractivity contribution in [1.29, 1.82) is 0 Å². The van der Waals surface area contributed by atoms with E-state index < -0.39 is 0 Å². The monoisotopic (exact) mass is 367 g/mol. The molecule has 2 heterocycles. The summed E-state index contributed by atoms with van der Waals surface area (Å²) < 4.78 is 10.8. The number of aromatic nitrogens is 2. The van der Waals surface area contributed by atoms with Crippen LogP contribution in [0.3, 0.4) is 0 Å². The quantitative estimate of drug-likeness (QED) is 0.818. The Balaban J connectivity index is 2.00. The van der Waals surface area contributed by atoms with Gasteiger partial charge in [0, 0.05) is 35.1 Å². The van der Waals surface area contributed by atoms with Gasteiger partial charge in [0.15, 0.2) is 11.5 Å². The summed E-state index contributed by atoms with van der Waals surface area (Å²) in [7, 11) is 3.23. The Bertz CT molecular complexity index is 949. The lowest BCUT2D eigenvalue weighted by atomic mass is 10.0. The van der Waals surface area contributed by atoms with Gasteiger partial charge in [-0.1, -0.05) is 6.58 Å². The van der Waals surface area contributed by atoms with Gasteiger partial charge in [0.05, 0.1) is 26.3 Å². The summed E-state index contributed by atoms with van der Waals surface area (Å²) in [6, 6.07) is 3.77. The molecule has 7 heteroatoms. The molecule has 0 radical (unpaired) electrons. The van der Waals surface area contributed by atoms with Crippen molar-refractivity contribution in [1.82, 2.24) is 9.97 Å². The Kier molecular flexibility index (Phi) is 5.30. The molecule has 0 spiro atoms. The fraction of sp³-hybridized carbons (Fsp3) is 0.350. The molecule has 0 bridgehead atoms. The Morgan fingerprint density at radius 3 is 2.52 bits per heavy atom. The number of nitrogens with zero attached hydrogens (tertiary/aromatic N) is 4. The van der Waals surface area contributed by atoms with E-state index in [4.69, 9.17) is 15.2 Å². The zero-order valence-corrected chi connectivity index (χ0v) is 16.2. The number of fused-ring (bicyclic) bond motifs is 1. The van der Waals surface area contributed by atoms with Crippen molar-refractivity contribution in [2.75, 3.05) is 32.2 Å². The van der Waals surface area contributed by atoms with E-state index in [1.165, 1.54) is 0 Å². The Morgan fingerprint density at radius 2 is 1.89 bits per heavy atom. The third-order valence-corrected chi connectivity index (χ3v) is 4.59. The van der Waals surface area contributed by atoms with Gasteiger partial charge in [-0.25, -0.2) is 9.97 Å². The van der Waals surface area contributed by atoms with Gasteiger partial charge in [-0.3, -0.25) is 4.99 Å². The van der Waals surface area contributed by atoms with E-state index >= 15 is 0 Å². The molecule has 0 amide bonds. The average Bonchev–Trinajstić information content (AvgIpc) is 2.65. The number of rotatable bonds is 5. The fourth-order valence-corrected chi connectivity index (χ4v) is 3.36. The SMILES string of the molecule is C=C(C)/N=C(/C)C1=C(N)CN(c2ncnc3cc(OC)c(OC)cc23)CC1. The van der Waals surface area contributed by atoms with Crippen molar-refractivity contribution >= 4 is 22.4 Å². The molecule has 2 aromatic rings. The molecule has 0 saturated heterocycles. The summed E-state index contributed by atoms with van der Waals surface area (Å²) >= 11 is 0. The van der Waals surface area contributed by atoms with Crippen molar-refractivity contribution in [2.45, 2.75) is 20.3 Å². The van der Waals surface area contributed by atoms with E-state index in [9.17, 15) is 0 Å². The smallest absolute Gasteiger partial charge is 0.162 e. The minimum Gasteiger partial charge on any atom is -0.493 e. The van der Waals surface area contributed by atoms with E-state index in [0.29, 0.717) is 18.0 Å². The first-order chi connectivity index (χ1) is 12.9. The minimum atomic E-state index is 0.582. The zero-order chi connectivity index (χ0) is 19.6. The highest BCUT2D eigenvalue weighted by Gasteiger charge is 2.22. The topological polar surface area (TPSA) is 85.9 Å². The third kappa shape index (κ3) is 3.72. The van der Waals surface area contributed by atoms with Crippen LogP contribution in [0.25, 0.3) is 10.9 Å². The first kappa shape index (κ1) is 18.7. The van der Waals surface area contributed by atoms with Crippen molar-refractivity contribution in [3.8, 4) is 11.5 Å². The second kappa shape index (κ2) is 7.65. The van der Waals surface area contributed by atoms with Crippen LogP contribution in [0.1, 0.15) is 20.3 Å². The molecule has 142 valence electrons. The highest BCUT2D eigenvalue weighted by atomic mass is 16.5. The highest BCUT2D eigenvalue weighted by Crippen LogP contribution is 2.35. The molecule has 2 N–H and O–H groups in total. The Labute approximate surface area is 159 Å². The van der Waals surface area contributed by atoms with Gasteiger partial charge < -0.3 is 20.1 Å². The summed E-state index contributed by atoms with van der Waals surface area (Å²) in [5.74, 6) is 2.12. The molecular formula is C20H25N5O2. The van der Waals surface area contributed by atoms with E-state index in [2.05, 4.69) is 26.4 Å².